The second-order valence-corrected chi connectivity index (χ2v) is 7.44. The van der Waals surface area contributed by atoms with Crippen molar-refractivity contribution in [1.82, 2.24) is 0 Å². The molecule has 1 fully saturated rings. The normalized spacial score (nSPS) is 30.2. The summed E-state index contributed by atoms with van der Waals surface area (Å²) in [6.07, 6.45) is 15.9. The third-order valence-electron chi connectivity index (χ3n) is 4.89. The van der Waals surface area contributed by atoms with Crippen LogP contribution in [0.2, 0.25) is 0 Å². The van der Waals surface area contributed by atoms with Gasteiger partial charge in [-0.1, -0.05) is 46.3 Å². The summed E-state index contributed by atoms with van der Waals surface area (Å²) in [5.74, 6) is 1.50. The van der Waals surface area contributed by atoms with Gasteiger partial charge in [-0.2, -0.15) is 0 Å². The second-order valence-electron chi connectivity index (χ2n) is 6.53. The Morgan fingerprint density at radius 1 is 0.957 bits per heavy atom. The van der Waals surface area contributed by atoms with E-state index in [-0.39, 0.29) is 11.8 Å². The highest BCUT2D eigenvalue weighted by molar-refractivity contribution is 9.10. The van der Waals surface area contributed by atoms with Gasteiger partial charge in [0.15, 0.2) is 0 Å². The van der Waals surface area contributed by atoms with Crippen LogP contribution in [0.3, 0.4) is 0 Å². The molecule has 2 aliphatic rings. The summed E-state index contributed by atoms with van der Waals surface area (Å²) >= 11 is 3.45. The number of carbonyl (C=O) groups is 1. The minimum absolute atomic E-state index is 0.191. The summed E-state index contributed by atoms with van der Waals surface area (Å²) in [4.78, 5) is 12.6. The average molecular weight is 374 g/mol. The van der Waals surface area contributed by atoms with Crippen LogP contribution in [0.25, 0.3) is 0 Å². The number of allylic oxidation sites excluding steroid dienone is 4. The first kappa shape index (κ1) is 16.5. The largest absolute Gasteiger partial charge is 0.326 e. The predicted octanol–water partition coefficient (Wildman–Crippen LogP) is 5.72. The molecule has 122 valence electrons. The molecule has 1 aromatic carbocycles. The van der Waals surface area contributed by atoms with E-state index in [4.69, 9.17) is 0 Å². The zero-order chi connectivity index (χ0) is 16.1. The number of hydrogen-bond donors (Lipinski definition) is 1. The summed E-state index contributed by atoms with van der Waals surface area (Å²) in [7, 11) is 0. The zero-order valence-corrected chi connectivity index (χ0v) is 15.0. The fraction of sp³-hybridized carbons (Fsp3) is 0.450. The minimum Gasteiger partial charge on any atom is -0.326 e. The number of halogens is 1. The molecule has 0 aliphatic heterocycles. The van der Waals surface area contributed by atoms with Crippen molar-refractivity contribution in [2.45, 2.75) is 38.5 Å². The van der Waals surface area contributed by atoms with Gasteiger partial charge in [0.1, 0.15) is 0 Å². The van der Waals surface area contributed by atoms with Crippen LogP contribution in [0.15, 0.2) is 53.0 Å². The van der Waals surface area contributed by atoms with Gasteiger partial charge >= 0.3 is 0 Å². The molecule has 1 unspecified atom stereocenters. The molecule has 0 saturated heterocycles. The van der Waals surface area contributed by atoms with E-state index in [9.17, 15) is 4.79 Å². The lowest BCUT2D eigenvalue weighted by Gasteiger charge is -2.05. The molecule has 0 radical (unpaired) electrons. The Morgan fingerprint density at radius 2 is 1.57 bits per heavy atom. The monoisotopic (exact) mass is 373 g/mol. The minimum atomic E-state index is 0.191. The highest BCUT2D eigenvalue weighted by Crippen LogP contribution is 2.52. The maximum atomic E-state index is 12.6. The maximum Gasteiger partial charge on any atom is 0.228 e. The molecule has 23 heavy (non-hydrogen) atoms. The molecule has 3 heteroatoms. The van der Waals surface area contributed by atoms with Crippen molar-refractivity contribution in [3.63, 3.8) is 0 Å². The van der Waals surface area contributed by atoms with Crippen molar-refractivity contribution < 1.29 is 4.79 Å². The number of nitrogens with one attached hydrogen (secondary N) is 1. The van der Waals surface area contributed by atoms with Crippen LogP contribution in [-0.2, 0) is 4.79 Å². The van der Waals surface area contributed by atoms with Gasteiger partial charge in [0.2, 0.25) is 5.91 Å². The lowest BCUT2D eigenvalue weighted by atomic mass is 10.1. The highest BCUT2D eigenvalue weighted by Gasteiger charge is 2.52. The first-order valence-corrected chi connectivity index (χ1v) is 9.41. The van der Waals surface area contributed by atoms with Crippen LogP contribution in [-0.4, -0.2) is 5.91 Å². The van der Waals surface area contributed by atoms with Crippen molar-refractivity contribution in [2.24, 2.45) is 17.8 Å². The Kier molecular flexibility index (Phi) is 5.71. The van der Waals surface area contributed by atoms with Gasteiger partial charge in [0.25, 0.3) is 0 Å². The van der Waals surface area contributed by atoms with Crippen LogP contribution < -0.4 is 5.32 Å². The van der Waals surface area contributed by atoms with Crippen LogP contribution in [0, 0.1) is 17.8 Å². The van der Waals surface area contributed by atoms with Crippen molar-refractivity contribution in [3.8, 4) is 0 Å². The van der Waals surface area contributed by atoms with Crippen molar-refractivity contribution >= 4 is 27.5 Å². The predicted molar refractivity (Wildman–Crippen MR) is 99.2 cm³/mol. The van der Waals surface area contributed by atoms with Gasteiger partial charge < -0.3 is 5.32 Å². The summed E-state index contributed by atoms with van der Waals surface area (Å²) in [5.41, 5.74) is 0.881. The van der Waals surface area contributed by atoms with Crippen molar-refractivity contribution in [2.75, 3.05) is 5.32 Å². The van der Waals surface area contributed by atoms with Crippen LogP contribution in [0.5, 0.6) is 0 Å². The quantitative estimate of drug-likeness (QED) is 0.660. The highest BCUT2D eigenvalue weighted by atomic mass is 79.9. The van der Waals surface area contributed by atoms with Crippen LogP contribution in [0.4, 0.5) is 5.69 Å². The number of amides is 1. The van der Waals surface area contributed by atoms with Crippen LogP contribution in [0.1, 0.15) is 38.5 Å². The Hall–Kier alpha value is -1.35. The molecular formula is C20H24BrNO. The third-order valence-corrected chi connectivity index (χ3v) is 5.39. The third kappa shape index (κ3) is 4.57. The summed E-state index contributed by atoms with van der Waals surface area (Å²) in [5, 5.41) is 3.09. The van der Waals surface area contributed by atoms with E-state index in [1.807, 2.05) is 24.3 Å². The van der Waals surface area contributed by atoms with E-state index in [0.29, 0.717) is 11.8 Å². The first-order valence-electron chi connectivity index (χ1n) is 8.62. The van der Waals surface area contributed by atoms with E-state index >= 15 is 0 Å². The molecule has 1 aromatic rings. The first-order chi connectivity index (χ1) is 11.3. The summed E-state index contributed by atoms with van der Waals surface area (Å²) in [6.45, 7) is 0. The van der Waals surface area contributed by atoms with Crippen molar-refractivity contribution in [1.29, 1.82) is 0 Å². The molecular weight excluding hydrogens is 350 g/mol. The molecule has 2 nitrogen and oxygen atoms in total. The summed E-state index contributed by atoms with van der Waals surface area (Å²) < 4.78 is 0.993. The molecule has 2 aliphatic carbocycles. The number of benzene rings is 1. The van der Waals surface area contributed by atoms with E-state index in [1.165, 1.54) is 0 Å². The molecule has 1 N–H and O–H groups in total. The molecule has 3 atom stereocenters. The number of anilines is 1. The molecule has 0 spiro atoms. The number of carbonyl (C=O) groups excluding carboxylic acids is 1. The summed E-state index contributed by atoms with van der Waals surface area (Å²) in [6, 6.07) is 7.83. The Balaban J connectivity index is 1.61. The van der Waals surface area contributed by atoms with Gasteiger partial charge in [-0.15, -0.1) is 0 Å². The van der Waals surface area contributed by atoms with Gasteiger partial charge in [0, 0.05) is 16.1 Å². The second kappa shape index (κ2) is 7.96. The number of fused-ring (bicyclic) bond motifs is 1. The standard InChI is InChI=1S/C20H24BrNO/c21-15-10-9-11-16(14-15)22-20(23)19-17-12-7-5-3-1-2-4-6-8-13-18(17)19/h3-6,9-11,14,17-19H,1-2,7-8,12-13H2,(H,22,23)/b5-3-,6-4+/t17-,18-,19?/m1/s1. The van der Waals surface area contributed by atoms with E-state index < -0.39 is 0 Å². The van der Waals surface area contributed by atoms with Gasteiger partial charge in [-0.25, -0.2) is 0 Å². The van der Waals surface area contributed by atoms with Crippen LogP contribution >= 0.6 is 15.9 Å². The zero-order valence-electron chi connectivity index (χ0n) is 13.4. The number of hydrogen-bond acceptors (Lipinski definition) is 1. The molecule has 0 bridgehead atoms. The smallest absolute Gasteiger partial charge is 0.228 e. The Bertz CT molecular complexity index is 583. The lowest BCUT2D eigenvalue weighted by Crippen LogP contribution is -2.15. The Labute approximate surface area is 147 Å². The average Bonchev–Trinajstić information content (AvgIpc) is 3.20. The fourth-order valence-corrected chi connectivity index (χ4v) is 4.05. The Morgan fingerprint density at radius 3 is 2.17 bits per heavy atom. The molecule has 3 rings (SSSR count). The van der Waals surface area contributed by atoms with E-state index in [2.05, 4.69) is 45.6 Å². The maximum absolute atomic E-state index is 12.6. The topological polar surface area (TPSA) is 29.1 Å². The van der Waals surface area contributed by atoms with E-state index in [0.717, 1.165) is 48.7 Å². The molecule has 1 saturated carbocycles. The lowest BCUT2D eigenvalue weighted by molar-refractivity contribution is -0.117. The van der Waals surface area contributed by atoms with Crippen molar-refractivity contribution in [3.05, 3.63) is 53.0 Å². The van der Waals surface area contributed by atoms with Gasteiger partial charge in [-0.3, -0.25) is 4.79 Å². The van der Waals surface area contributed by atoms with Gasteiger partial charge in [0.05, 0.1) is 0 Å². The van der Waals surface area contributed by atoms with E-state index in [1.54, 1.807) is 0 Å². The molecule has 0 heterocycles. The number of rotatable bonds is 2. The fourth-order valence-electron chi connectivity index (χ4n) is 3.65. The van der Waals surface area contributed by atoms with Gasteiger partial charge in [-0.05, 0) is 68.6 Å². The SMILES string of the molecule is O=C(Nc1cccc(Br)c1)C1[C@@H]2CC/C=C\CC/C=C/CC[C@@H]12. The molecule has 0 aromatic heterocycles. The molecule has 1 amide bonds.